The largest absolute Gasteiger partial charge is 0.497 e. The third-order valence-electron chi connectivity index (χ3n) is 7.98. The summed E-state index contributed by atoms with van der Waals surface area (Å²) in [5, 5.41) is 4.25. The predicted octanol–water partition coefficient (Wildman–Crippen LogP) is 3.31. The molecule has 0 spiro atoms. The molecule has 2 aliphatic heterocycles. The molecule has 1 N–H and O–H groups in total. The fourth-order valence-corrected chi connectivity index (χ4v) is 5.65. The van der Waals surface area contributed by atoms with Crippen molar-refractivity contribution < 1.29 is 23.7 Å². The van der Waals surface area contributed by atoms with Crippen molar-refractivity contribution in [1.29, 1.82) is 0 Å². The zero-order valence-corrected chi connectivity index (χ0v) is 27.0. The van der Waals surface area contributed by atoms with Crippen molar-refractivity contribution in [3.63, 3.8) is 0 Å². The summed E-state index contributed by atoms with van der Waals surface area (Å²) in [6.07, 6.45) is 6.73. The molecule has 2 fully saturated rings. The average Bonchev–Trinajstić information content (AvgIpc) is 3.48. The molecular weight excluding hydrogens is 600 g/mol. The molecule has 3 aromatic rings. The summed E-state index contributed by atoms with van der Waals surface area (Å²) >= 11 is 6.71. The maximum Gasteiger partial charge on any atom is 0.260 e. The number of methoxy groups -OCH3 is 2. The maximum absolute atomic E-state index is 14.1. The van der Waals surface area contributed by atoms with Crippen molar-refractivity contribution in [3.05, 3.63) is 51.9 Å². The van der Waals surface area contributed by atoms with Gasteiger partial charge in [-0.3, -0.25) is 14.2 Å². The number of carbonyl (C=O) groups excluding carboxylic acids is 1. The van der Waals surface area contributed by atoms with E-state index in [9.17, 15) is 9.59 Å². The zero-order valence-electron chi connectivity index (χ0n) is 26.3. The van der Waals surface area contributed by atoms with Gasteiger partial charge in [0.15, 0.2) is 0 Å². The van der Waals surface area contributed by atoms with Crippen LogP contribution in [0, 0.1) is 5.92 Å². The molecule has 5 rings (SSSR count). The lowest BCUT2D eigenvalue weighted by Crippen LogP contribution is -2.30. The molecule has 1 unspecified atom stereocenters. The van der Waals surface area contributed by atoms with Gasteiger partial charge in [0.2, 0.25) is 11.9 Å². The van der Waals surface area contributed by atoms with E-state index in [0.717, 1.165) is 26.1 Å². The van der Waals surface area contributed by atoms with Gasteiger partial charge in [-0.2, -0.15) is 4.98 Å². The van der Waals surface area contributed by atoms with Gasteiger partial charge in [-0.25, -0.2) is 4.98 Å². The van der Waals surface area contributed by atoms with Crippen molar-refractivity contribution in [3.8, 4) is 22.6 Å². The van der Waals surface area contributed by atoms with Gasteiger partial charge >= 0.3 is 0 Å². The Morgan fingerprint density at radius 1 is 1.20 bits per heavy atom. The molecule has 45 heavy (non-hydrogen) atoms. The van der Waals surface area contributed by atoms with E-state index < -0.39 is 0 Å². The number of likely N-dealkylation sites (tertiary alicyclic amines) is 1. The first-order valence-electron chi connectivity index (χ1n) is 15.1. The Balaban J connectivity index is 1.38. The summed E-state index contributed by atoms with van der Waals surface area (Å²) in [5.41, 5.74) is 1.04. The molecular formula is C32H41ClN6O6. The number of likely N-dealkylation sites (N-methyl/N-ethyl adjacent to an activating group) is 1. The van der Waals surface area contributed by atoms with Crippen LogP contribution in [0.4, 0.5) is 5.95 Å². The van der Waals surface area contributed by atoms with Gasteiger partial charge in [0.1, 0.15) is 17.1 Å². The topological polar surface area (TPSA) is 120 Å². The number of nitrogens with zero attached hydrogens (tertiary/aromatic N) is 5. The number of amides is 1. The summed E-state index contributed by atoms with van der Waals surface area (Å²) in [7, 11) is 6.96. The quantitative estimate of drug-likeness (QED) is 0.263. The van der Waals surface area contributed by atoms with Crippen LogP contribution >= 0.6 is 11.6 Å². The fraction of sp³-hybridized carbons (Fsp3) is 0.500. The Bertz CT molecular complexity index is 1590. The second-order valence-corrected chi connectivity index (χ2v) is 11.9. The molecule has 0 bridgehead atoms. The molecule has 1 atom stereocenters. The van der Waals surface area contributed by atoms with Gasteiger partial charge in [0.05, 0.1) is 51.7 Å². The van der Waals surface area contributed by atoms with Crippen LogP contribution in [0.3, 0.4) is 0 Å². The number of rotatable bonds is 14. The molecule has 4 heterocycles. The van der Waals surface area contributed by atoms with Crippen LogP contribution in [-0.2, 0) is 20.8 Å². The zero-order chi connectivity index (χ0) is 31.9. The minimum absolute atomic E-state index is 0.0231. The lowest BCUT2D eigenvalue weighted by atomic mass is 10.0. The minimum atomic E-state index is -0.283. The normalized spacial score (nSPS) is 16.9. The number of hydrogen-bond acceptors (Lipinski definition) is 10. The first kappa shape index (κ1) is 32.7. The lowest BCUT2D eigenvalue weighted by Gasteiger charge is -2.25. The molecule has 1 amide bonds. The number of benzene rings is 1. The van der Waals surface area contributed by atoms with Crippen LogP contribution in [0.15, 0.2) is 41.3 Å². The third kappa shape index (κ3) is 7.93. The summed E-state index contributed by atoms with van der Waals surface area (Å²) in [6, 6.07) is 5.13. The number of pyridine rings is 1. The summed E-state index contributed by atoms with van der Waals surface area (Å²) in [6.45, 7) is 4.58. The number of hydrogen-bond donors (Lipinski definition) is 1. The van der Waals surface area contributed by atoms with Gasteiger partial charge < -0.3 is 34.1 Å². The number of halogens is 1. The molecule has 13 heteroatoms. The average molecular weight is 641 g/mol. The Kier molecular flexibility index (Phi) is 10.9. The number of aromatic nitrogens is 3. The van der Waals surface area contributed by atoms with Gasteiger partial charge in [0.25, 0.3) is 5.56 Å². The number of nitrogens with one attached hydrogen (secondary N) is 1. The van der Waals surface area contributed by atoms with Crippen LogP contribution in [0.5, 0.6) is 11.5 Å². The molecule has 242 valence electrons. The van der Waals surface area contributed by atoms with Gasteiger partial charge in [-0.15, -0.1) is 0 Å². The van der Waals surface area contributed by atoms with Crippen LogP contribution in [0.1, 0.15) is 12.8 Å². The van der Waals surface area contributed by atoms with Crippen molar-refractivity contribution in [2.75, 3.05) is 79.6 Å². The standard InChI is InChI=1S/C32H41ClN6O6/c1-37(2)10-5-6-28(40)38-11-8-23(18-38)45-13-12-39-30-22(17-35-32(36-30)34-9-7-21-19-44-20-21)14-26(31(39)41)25-15-24(42-3)16-27(43-4)29(25)33/h5-6,14-17,21,23H,7-13,18-20H2,1-4H3,(H,34,35,36)/b6-5+. The third-order valence-corrected chi connectivity index (χ3v) is 8.37. The Morgan fingerprint density at radius 2 is 2.02 bits per heavy atom. The highest BCUT2D eigenvalue weighted by Crippen LogP contribution is 2.38. The molecule has 2 aromatic heterocycles. The Labute approximate surface area is 267 Å². The van der Waals surface area contributed by atoms with E-state index in [-0.39, 0.29) is 30.7 Å². The van der Waals surface area contributed by atoms with E-state index in [1.807, 2.05) is 25.1 Å². The van der Waals surface area contributed by atoms with Crippen LogP contribution in [0.25, 0.3) is 22.2 Å². The smallest absolute Gasteiger partial charge is 0.260 e. The van der Waals surface area contributed by atoms with E-state index in [2.05, 4.69) is 10.3 Å². The summed E-state index contributed by atoms with van der Waals surface area (Å²) in [4.78, 5) is 39.7. The van der Waals surface area contributed by atoms with Gasteiger partial charge in [-0.1, -0.05) is 17.7 Å². The Morgan fingerprint density at radius 3 is 2.73 bits per heavy atom. The van der Waals surface area contributed by atoms with E-state index in [4.69, 9.17) is 35.5 Å². The highest BCUT2D eigenvalue weighted by molar-refractivity contribution is 6.35. The number of fused-ring (bicyclic) bond motifs is 1. The number of carbonyl (C=O) groups is 1. The van der Waals surface area contributed by atoms with E-state index in [1.54, 1.807) is 47.0 Å². The molecule has 2 aliphatic rings. The lowest BCUT2D eigenvalue weighted by molar-refractivity contribution is -0.125. The van der Waals surface area contributed by atoms with E-state index >= 15 is 0 Å². The summed E-state index contributed by atoms with van der Waals surface area (Å²) < 4.78 is 24.0. The molecule has 12 nitrogen and oxygen atoms in total. The number of ether oxygens (including phenoxy) is 4. The van der Waals surface area contributed by atoms with Crippen molar-refractivity contribution in [2.24, 2.45) is 5.92 Å². The molecule has 0 radical (unpaired) electrons. The highest BCUT2D eigenvalue weighted by atomic mass is 35.5. The molecule has 2 saturated heterocycles. The highest BCUT2D eigenvalue weighted by Gasteiger charge is 2.26. The van der Waals surface area contributed by atoms with E-state index in [1.165, 1.54) is 7.11 Å². The van der Waals surface area contributed by atoms with Crippen molar-refractivity contribution in [1.82, 2.24) is 24.3 Å². The first-order valence-corrected chi connectivity index (χ1v) is 15.5. The van der Waals surface area contributed by atoms with E-state index in [0.29, 0.717) is 76.7 Å². The van der Waals surface area contributed by atoms with Crippen LogP contribution in [0.2, 0.25) is 5.02 Å². The first-order chi connectivity index (χ1) is 21.8. The van der Waals surface area contributed by atoms with Crippen LogP contribution < -0.4 is 20.3 Å². The van der Waals surface area contributed by atoms with Crippen LogP contribution in [-0.4, -0.2) is 111 Å². The summed E-state index contributed by atoms with van der Waals surface area (Å²) in [5.74, 6) is 1.86. The van der Waals surface area contributed by atoms with Gasteiger partial charge in [0, 0.05) is 66.9 Å². The second-order valence-electron chi connectivity index (χ2n) is 11.5. The maximum atomic E-state index is 14.1. The number of anilines is 1. The fourth-order valence-electron chi connectivity index (χ4n) is 5.36. The monoisotopic (exact) mass is 640 g/mol. The molecule has 0 aliphatic carbocycles. The van der Waals surface area contributed by atoms with Crippen molar-refractivity contribution in [2.45, 2.75) is 25.5 Å². The second kappa shape index (κ2) is 15.0. The molecule has 0 saturated carbocycles. The van der Waals surface area contributed by atoms with Gasteiger partial charge in [-0.05, 0) is 39.1 Å². The minimum Gasteiger partial charge on any atom is -0.497 e. The SMILES string of the molecule is COc1cc(OC)c(Cl)c(-c2cc3cnc(NCCC4COC4)nc3n(CCOC3CCN(C(=O)/C=C/CN(C)C)C3)c2=O)c1. The predicted molar refractivity (Wildman–Crippen MR) is 173 cm³/mol. The van der Waals surface area contributed by atoms with Crippen molar-refractivity contribution >= 4 is 34.5 Å². The Hall–Kier alpha value is -3.71. The molecule has 1 aromatic carbocycles.